The van der Waals surface area contributed by atoms with Gasteiger partial charge < -0.3 is 15.1 Å². The lowest BCUT2D eigenvalue weighted by atomic mass is 10.2. The molecule has 0 aromatic carbocycles. The van der Waals surface area contributed by atoms with Gasteiger partial charge in [0.15, 0.2) is 0 Å². The third-order valence-corrected chi connectivity index (χ3v) is 6.02. The number of rotatable bonds is 6. The van der Waals surface area contributed by atoms with Crippen molar-refractivity contribution in [2.24, 2.45) is 0 Å². The maximum Gasteiger partial charge on any atom is 0.346 e. The molecule has 0 saturated carbocycles. The zero-order chi connectivity index (χ0) is 20.9. The number of hydrogen-bond donors (Lipinski definition) is 1. The van der Waals surface area contributed by atoms with E-state index in [1.807, 2.05) is 18.3 Å². The van der Waals surface area contributed by atoms with Crippen molar-refractivity contribution in [3.63, 3.8) is 0 Å². The van der Waals surface area contributed by atoms with Crippen LogP contribution < -0.4 is 15.9 Å². The Morgan fingerprint density at radius 3 is 2.67 bits per heavy atom. The highest BCUT2D eigenvalue weighted by Gasteiger charge is 2.18. The number of likely N-dealkylation sites (N-methyl/N-ethyl adjacent to an activating group) is 1. The first-order valence-corrected chi connectivity index (χ1v) is 11.0. The second-order valence-corrected chi connectivity index (χ2v) is 8.04. The zero-order valence-electron chi connectivity index (χ0n) is 17.7. The van der Waals surface area contributed by atoms with E-state index in [0.717, 1.165) is 75.6 Å². The molecule has 2 aromatic rings. The molecule has 2 aromatic heterocycles. The van der Waals surface area contributed by atoms with Crippen molar-refractivity contribution in [1.82, 2.24) is 29.5 Å². The molecule has 4 heterocycles. The smallest absolute Gasteiger partial charge is 0.346 e. The van der Waals surface area contributed by atoms with Gasteiger partial charge in [-0.25, -0.2) is 14.5 Å². The number of aromatic nitrogens is 4. The number of piperazine rings is 1. The van der Waals surface area contributed by atoms with E-state index in [4.69, 9.17) is 0 Å². The summed E-state index contributed by atoms with van der Waals surface area (Å²) >= 11 is 0. The molecule has 1 saturated heterocycles. The van der Waals surface area contributed by atoms with E-state index < -0.39 is 0 Å². The Balaban J connectivity index is 1.29. The third-order valence-electron chi connectivity index (χ3n) is 6.02. The van der Waals surface area contributed by atoms with Gasteiger partial charge in [-0.05, 0) is 31.0 Å². The summed E-state index contributed by atoms with van der Waals surface area (Å²) < 4.78 is 3.00. The van der Waals surface area contributed by atoms with Gasteiger partial charge in [-0.1, -0.05) is 19.4 Å². The number of nitrogens with zero attached hydrogens (tertiary/aromatic N) is 6. The Morgan fingerprint density at radius 1 is 1.10 bits per heavy atom. The van der Waals surface area contributed by atoms with Crippen LogP contribution in [0.2, 0.25) is 0 Å². The predicted octanol–water partition coefficient (Wildman–Crippen LogP) is 0.625. The van der Waals surface area contributed by atoms with Crippen LogP contribution in [0.3, 0.4) is 0 Å². The molecular formula is C21H31N7O2. The molecule has 9 heteroatoms. The number of aryl methyl sites for hydroxylation is 1. The number of fused-ring (bicyclic) bond motifs is 1. The third kappa shape index (κ3) is 4.72. The van der Waals surface area contributed by atoms with Crippen molar-refractivity contribution in [1.29, 1.82) is 0 Å². The molecule has 2 aliphatic rings. The summed E-state index contributed by atoms with van der Waals surface area (Å²) in [6.07, 6.45) is 5.76. The second kappa shape index (κ2) is 9.42. The highest BCUT2D eigenvalue weighted by Crippen LogP contribution is 2.14. The minimum absolute atomic E-state index is 0.0496. The van der Waals surface area contributed by atoms with Crippen LogP contribution in [0.4, 0.5) is 5.82 Å². The summed E-state index contributed by atoms with van der Waals surface area (Å²) in [7, 11) is 0. The van der Waals surface area contributed by atoms with Crippen LogP contribution in [-0.4, -0.2) is 62.9 Å². The first-order chi connectivity index (χ1) is 14.6. The van der Waals surface area contributed by atoms with Crippen LogP contribution in [0, 0.1) is 0 Å². The topological polar surface area (TPSA) is 88.3 Å². The fourth-order valence-corrected chi connectivity index (χ4v) is 4.12. The lowest BCUT2D eigenvalue weighted by Gasteiger charge is -2.34. The summed E-state index contributed by atoms with van der Waals surface area (Å²) in [4.78, 5) is 34.1. The molecule has 4 rings (SSSR count). The normalized spacial score (nSPS) is 17.4. The first-order valence-electron chi connectivity index (χ1n) is 11.0. The van der Waals surface area contributed by atoms with E-state index in [-0.39, 0.29) is 18.1 Å². The fraction of sp³-hybridized carbons (Fsp3) is 0.619. The number of amides is 1. The van der Waals surface area contributed by atoms with Crippen molar-refractivity contribution in [2.75, 3.05) is 37.6 Å². The maximum atomic E-state index is 12.5. The van der Waals surface area contributed by atoms with Crippen LogP contribution in [0.5, 0.6) is 0 Å². The molecule has 1 N–H and O–H groups in total. The average Bonchev–Trinajstić information content (AvgIpc) is 2.94. The molecular weight excluding hydrogens is 382 g/mol. The van der Waals surface area contributed by atoms with Crippen molar-refractivity contribution < 1.29 is 4.79 Å². The SMILES string of the molecule is CCN1CCN(c2ccc(CNC(=O)Cn3nc4n(c3=O)CCCCC4)cn2)CC1. The standard InChI is InChI=1S/C21H31N7O2/c1-2-25-10-12-26(13-11-25)18-8-7-17(14-22-18)15-23-20(29)16-28-21(30)27-9-5-3-4-6-19(27)24-28/h7-8,14H,2-6,9-13,15-16H2,1H3,(H,23,29). The van der Waals surface area contributed by atoms with Crippen LogP contribution >= 0.6 is 0 Å². The van der Waals surface area contributed by atoms with E-state index in [1.54, 1.807) is 4.57 Å². The van der Waals surface area contributed by atoms with Gasteiger partial charge in [0, 0.05) is 51.9 Å². The molecule has 30 heavy (non-hydrogen) atoms. The van der Waals surface area contributed by atoms with E-state index in [0.29, 0.717) is 13.1 Å². The van der Waals surface area contributed by atoms with Crippen molar-refractivity contribution in [2.45, 2.75) is 52.2 Å². The quantitative estimate of drug-likeness (QED) is 0.747. The van der Waals surface area contributed by atoms with E-state index >= 15 is 0 Å². The van der Waals surface area contributed by atoms with Gasteiger partial charge >= 0.3 is 5.69 Å². The van der Waals surface area contributed by atoms with Crippen LogP contribution in [0.25, 0.3) is 0 Å². The Morgan fingerprint density at radius 2 is 1.93 bits per heavy atom. The zero-order valence-corrected chi connectivity index (χ0v) is 17.7. The van der Waals surface area contributed by atoms with Gasteiger partial charge in [0.1, 0.15) is 18.2 Å². The molecule has 1 fully saturated rings. The maximum absolute atomic E-state index is 12.5. The molecule has 0 unspecified atom stereocenters. The summed E-state index contributed by atoms with van der Waals surface area (Å²) in [6.45, 7) is 8.41. The molecule has 162 valence electrons. The summed E-state index contributed by atoms with van der Waals surface area (Å²) in [5.41, 5.74) is 0.753. The molecule has 0 atom stereocenters. The van der Waals surface area contributed by atoms with E-state index in [9.17, 15) is 9.59 Å². The molecule has 0 radical (unpaired) electrons. The molecule has 1 amide bonds. The van der Waals surface area contributed by atoms with Crippen LogP contribution in [-0.2, 0) is 30.8 Å². The first kappa shape index (κ1) is 20.6. The lowest BCUT2D eigenvalue weighted by molar-refractivity contribution is -0.122. The second-order valence-electron chi connectivity index (χ2n) is 8.04. The number of anilines is 1. The summed E-state index contributed by atoms with van der Waals surface area (Å²) in [6, 6.07) is 4.01. The number of hydrogen-bond acceptors (Lipinski definition) is 6. The van der Waals surface area contributed by atoms with Gasteiger partial charge in [0.25, 0.3) is 0 Å². The highest BCUT2D eigenvalue weighted by atomic mass is 16.2. The minimum atomic E-state index is -0.217. The Kier molecular flexibility index (Phi) is 6.47. The van der Waals surface area contributed by atoms with Gasteiger partial charge in [-0.15, -0.1) is 0 Å². The fourth-order valence-electron chi connectivity index (χ4n) is 4.12. The molecule has 9 nitrogen and oxygen atoms in total. The van der Waals surface area contributed by atoms with Gasteiger partial charge in [-0.2, -0.15) is 5.10 Å². The van der Waals surface area contributed by atoms with Gasteiger partial charge in [0.2, 0.25) is 5.91 Å². The number of carbonyl (C=O) groups excluding carboxylic acids is 1. The summed E-state index contributed by atoms with van der Waals surface area (Å²) in [5, 5.41) is 7.24. The van der Waals surface area contributed by atoms with Gasteiger partial charge in [-0.3, -0.25) is 9.36 Å². The van der Waals surface area contributed by atoms with E-state index in [2.05, 4.69) is 32.1 Å². The Labute approximate surface area is 176 Å². The average molecular weight is 414 g/mol. The Hall–Kier alpha value is -2.68. The number of pyridine rings is 1. The molecule has 0 aliphatic carbocycles. The largest absolute Gasteiger partial charge is 0.354 e. The van der Waals surface area contributed by atoms with Crippen molar-refractivity contribution in [3.8, 4) is 0 Å². The minimum Gasteiger partial charge on any atom is -0.354 e. The lowest BCUT2D eigenvalue weighted by Crippen LogP contribution is -2.46. The molecule has 0 spiro atoms. The van der Waals surface area contributed by atoms with Crippen LogP contribution in [0.15, 0.2) is 23.1 Å². The predicted molar refractivity (Wildman–Crippen MR) is 114 cm³/mol. The molecule has 0 bridgehead atoms. The number of nitrogens with one attached hydrogen (secondary N) is 1. The van der Waals surface area contributed by atoms with Crippen molar-refractivity contribution >= 4 is 11.7 Å². The van der Waals surface area contributed by atoms with Crippen LogP contribution in [0.1, 0.15) is 37.6 Å². The van der Waals surface area contributed by atoms with Gasteiger partial charge in [0.05, 0.1) is 0 Å². The highest BCUT2D eigenvalue weighted by molar-refractivity contribution is 5.75. The van der Waals surface area contributed by atoms with E-state index in [1.165, 1.54) is 4.68 Å². The summed E-state index contributed by atoms with van der Waals surface area (Å²) in [5.74, 6) is 1.56. The monoisotopic (exact) mass is 413 g/mol. The Bertz CT molecular complexity index is 910. The molecule has 2 aliphatic heterocycles. The van der Waals surface area contributed by atoms with Crippen molar-refractivity contribution in [3.05, 3.63) is 40.2 Å². The number of carbonyl (C=O) groups is 1.